The van der Waals surface area contributed by atoms with Crippen molar-refractivity contribution in [2.75, 3.05) is 13.1 Å². The molecule has 18 heavy (non-hydrogen) atoms. The average Bonchev–Trinajstić information content (AvgIpc) is 2.34. The molecule has 100 valence electrons. The van der Waals surface area contributed by atoms with E-state index < -0.39 is 0 Å². The predicted molar refractivity (Wildman–Crippen MR) is 76.9 cm³/mol. The van der Waals surface area contributed by atoms with Gasteiger partial charge in [-0.3, -0.25) is 4.79 Å². The third-order valence-corrected chi connectivity index (χ3v) is 3.25. The van der Waals surface area contributed by atoms with Crippen molar-refractivity contribution in [3.05, 3.63) is 34.9 Å². The summed E-state index contributed by atoms with van der Waals surface area (Å²) < 4.78 is 0. The van der Waals surface area contributed by atoms with Crippen LogP contribution in [0.15, 0.2) is 24.3 Å². The largest absolute Gasteiger partial charge is 0.343 e. The molecule has 0 fully saturated rings. The van der Waals surface area contributed by atoms with Crippen LogP contribution in [-0.4, -0.2) is 23.9 Å². The number of carbonyl (C=O) groups is 1. The summed E-state index contributed by atoms with van der Waals surface area (Å²) in [4.78, 5) is 14.0. The van der Waals surface area contributed by atoms with E-state index in [1.165, 1.54) is 0 Å². The molecule has 0 spiro atoms. The van der Waals surface area contributed by atoms with E-state index >= 15 is 0 Å². The van der Waals surface area contributed by atoms with Crippen LogP contribution in [0.25, 0.3) is 0 Å². The fraction of sp³-hybridized carbons (Fsp3) is 0.533. The molecule has 0 saturated carbocycles. The van der Waals surface area contributed by atoms with Gasteiger partial charge in [-0.1, -0.05) is 43.6 Å². The summed E-state index contributed by atoms with van der Waals surface area (Å²) in [6, 6.07) is 7.71. The van der Waals surface area contributed by atoms with Crippen LogP contribution >= 0.6 is 11.6 Å². The summed E-state index contributed by atoms with van der Waals surface area (Å²) in [5, 5.41) is 0.747. The smallest absolute Gasteiger partial charge is 0.222 e. The highest BCUT2D eigenvalue weighted by Crippen LogP contribution is 2.17. The highest BCUT2D eigenvalue weighted by atomic mass is 35.5. The molecule has 0 saturated heterocycles. The minimum Gasteiger partial charge on any atom is -0.343 e. The number of aryl methyl sites for hydroxylation is 1. The van der Waals surface area contributed by atoms with Crippen LogP contribution in [0.4, 0.5) is 0 Å². The molecule has 0 heterocycles. The number of amides is 1. The number of halogens is 1. The molecule has 1 aromatic carbocycles. The van der Waals surface area contributed by atoms with Crippen LogP contribution in [0.3, 0.4) is 0 Å². The van der Waals surface area contributed by atoms with Crippen molar-refractivity contribution < 1.29 is 4.79 Å². The van der Waals surface area contributed by atoms with Gasteiger partial charge in [0.05, 0.1) is 0 Å². The second-order valence-corrected chi connectivity index (χ2v) is 5.32. The van der Waals surface area contributed by atoms with E-state index in [4.69, 9.17) is 11.6 Å². The summed E-state index contributed by atoms with van der Waals surface area (Å²) >= 11 is 6.08. The molecule has 0 bridgehead atoms. The lowest BCUT2D eigenvalue weighted by Crippen LogP contribution is -2.34. The van der Waals surface area contributed by atoms with Crippen molar-refractivity contribution in [1.82, 2.24) is 4.90 Å². The third kappa shape index (κ3) is 4.69. The van der Waals surface area contributed by atoms with Crippen LogP contribution in [0.2, 0.25) is 5.02 Å². The maximum Gasteiger partial charge on any atom is 0.222 e. The van der Waals surface area contributed by atoms with Crippen LogP contribution in [0.5, 0.6) is 0 Å². The standard InChI is InChI=1S/C15H22ClNO/c1-4-17(11-12(2)3)15(18)10-9-13-7-5-6-8-14(13)16/h5-8,12H,4,9-11H2,1-3H3. The van der Waals surface area contributed by atoms with Gasteiger partial charge in [-0.2, -0.15) is 0 Å². The molecule has 0 N–H and O–H groups in total. The van der Waals surface area contributed by atoms with Gasteiger partial charge in [0, 0.05) is 24.5 Å². The molecule has 0 aliphatic rings. The zero-order chi connectivity index (χ0) is 13.5. The van der Waals surface area contributed by atoms with Gasteiger partial charge >= 0.3 is 0 Å². The SMILES string of the molecule is CCN(CC(C)C)C(=O)CCc1ccccc1Cl. The highest BCUT2D eigenvalue weighted by molar-refractivity contribution is 6.31. The molecule has 0 aliphatic carbocycles. The first-order valence-corrected chi connectivity index (χ1v) is 6.93. The Morgan fingerprint density at radius 2 is 2.00 bits per heavy atom. The van der Waals surface area contributed by atoms with Crippen LogP contribution < -0.4 is 0 Å². The lowest BCUT2D eigenvalue weighted by atomic mass is 10.1. The summed E-state index contributed by atoms with van der Waals surface area (Å²) in [5.41, 5.74) is 1.05. The third-order valence-electron chi connectivity index (χ3n) is 2.89. The van der Waals surface area contributed by atoms with Crippen molar-refractivity contribution in [3.8, 4) is 0 Å². The zero-order valence-corrected chi connectivity index (χ0v) is 12.2. The molecular weight excluding hydrogens is 246 g/mol. The maximum atomic E-state index is 12.1. The lowest BCUT2D eigenvalue weighted by Gasteiger charge is -2.23. The minimum absolute atomic E-state index is 0.214. The summed E-state index contributed by atoms with van der Waals surface area (Å²) in [6.45, 7) is 7.89. The van der Waals surface area contributed by atoms with E-state index in [1.54, 1.807) is 0 Å². The number of benzene rings is 1. The molecule has 3 heteroatoms. The lowest BCUT2D eigenvalue weighted by molar-refractivity contribution is -0.131. The molecule has 0 aromatic heterocycles. The molecule has 0 unspecified atom stereocenters. The first-order valence-electron chi connectivity index (χ1n) is 6.55. The van der Waals surface area contributed by atoms with Crippen molar-refractivity contribution in [2.45, 2.75) is 33.6 Å². The number of nitrogens with zero attached hydrogens (tertiary/aromatic N) is 1. The summed E-state index contributed by atoms with van der Waals surface area (Å²) in [5.74, 6) is 0.723. The molecule has 1 aromatic rings. The van der Waals surface area contributed by atoms with E-state index in [2.05, 4.69) is 13.8 Å². The normalized spacial score (nSPS) is 10.7. The second kappa shape index (κ2) is 7.42. The number of hydrogen-bond donors (Lipinski definition) is 0. The van der Waals surface area contributed by atoms with Crippen molar-refractivity contribution >= 4 is 17.5 Å². The fourth-order valence-corrected chi connectivity index (χ4v) is 2.18. The number of hydrogen-bond acceptors (Lipinski definition) is 1. The summed E-state index contributed by atoms with van der Waals surface area (Å²) in [7, 11) is 0. The number of carbonyl (C=O) groups excluding carboxylic acids is 1. The second-order valence-electron chi connectivity index (χ2n) is 4.92. The highest BCUT2D eigenvalue weighted by Gasteiger charge is 2.13. The maximum absolute atomic E-state index is 12.1. The van der Waals surface area contributed by atoms with E-state index in [1.807, 2.05) is 36.1 Å². The molecule has 0 aliphatic heterocycles. The average molecular weight is 268 g/mol. The molecule has 0 radical (unpaired) electrons. The van der Waals surface area contributed by atoms with Gasteiger partial charge in [-0.15, -0.1) is 0 Å². The minimum atomic E-state index is 0.214. The summed E-state index contributed by atoms with van der Waals surface area (Å²) in [6.07, 6.45) is 1.25. The van der Waals surface area contributed by atoms with E-state index in [9.17, 15) is 4.79 Å². The van der Waals surface area contributed by atoms with Gasteiger partial charge in [0.1, 0.15) is 0 Å². The Kier molecular flexibility index (Phi) is 6.20. The van der Waals surface area contributed by atoms with Crippen LogP contribution in [-0.2, 0) is 11.2 Å². The Balaban J connectivity index is 2.52. The number of rotatable bonds is 6. The van der Waals surface area contributed by atoms with E-state index in [-0.39, 0.29) is 5.91 Å². The Morgan fingerprint density at radius 1 is 1.33 bits per heavy atom. The van der Waals surface area contributed by atoms with Crippen LogP contribution in [0.1, 0.15) is 32.8 Å². The van der Waals surface area contributed by atoms with E-state index in [0.29, 0.717) is 18.8 Å². The molecule has 2 nitrogen and oxygen atoms in total. The Hall–Kier alpha value is -1.02. The molecule has 1 amide bonds. The van der Waals surface area contributed by atoms with Crippen molar-refractivity contribution in [2.24, 2.45) is 5.92 Å². The van der Waals surface area contributed by atoms with Gasteiger partial charge in [0.15, 0.2) is 0 Å². The van der Waals surface area contributed by atoms with Crippen molar-refractivity contribution in [3.63, 3.8) is 0 Å². The molecular formula is C15H22ClNO. The Morgan fingerprint density at radius 3 is 2.56 bits per heavy atom. The molecule has 0 atom stereocenters. The van der Waals surface area contributed by atoms with Crippen molar-refractivity contribution in [1.29, 1.82) is 0 Å². The first kappa shape index (κ1) is 15.0. The quantitative estimate of drug-likeness (QED) is 0.768. The fourth-order valence-electron chi connectivity index (χ4n) is 1.95. The molecule has 1 rings (SSSR count). The Labute approximate surface area is 115 Å². The van der Waals surface area contributed by atoms with Gasteiger partial charge < -0.3 is 4.90 Å². The predicted octanol–water partition coefficient (Wildman–Crippen LogP) is 3.78. The Bertz CT molecular complexity index is 390. The monoisotopic (exact) mass is 267 g/mol. The van der Waals surface area contributed by atoms with Gasteiger partial charge in [0.2, 0.25) is 5.91 Å². The topological polar surface area (TPSA) is 20.3 Å². The van der Waals surface area contributed by atoms with Gasteiger partial charge in [0.25, 0.3) is 0 Å². The zero-order valence-electron chi connectivity index (χ0n) is 11.4. The van der Waals surface area contributed by atoms with Gasteiger partial charge in [-0.05, 0) is 30.9 Å². The van der Waals surface area contributed by atoms with Crippen LogP contribution in [0, 0.1) is 5.92 Å². The van der Waals surface area contributed by atoms with E-state index in [0.717, 1.165) is 23.7 Å². The first-order chi connectivity index (χ1) is 8.54. The van der Waals surface area contributed by atoms with Gasteiger partial charge in [-0.25, -0.2) is 0 Å².